The zero-order valence-corrected chi connectivity index (χ0v) is 18.7. The van der Waals surface area contributed by atoms with E-state index in [2.05, 4.69) is 0 Å². The molecule has 0 spiro atoms. The van der Waals surface area contributed by atoms with E-state index in [0.717, 1.165) is 0 Å². The second kappa shape index (κ2) is 11.2. The van der Waals surface area contributed by atoms with E-state index in [9.17, 15) is 46.0 Å². The molecule has 3 fully saturated rings. The van der Waals surface area contributed by atoms with Crippen molar-refractivity contribution in [2.24, 2.45) is 17.8 Å². The molecule has 0 radical (unpaired) electrons. The second-order valence-corrected chi connectivity index (χ2v) is 9.41. The highest BCUT2D eigenvalue weighted by Crippen LogP contribution is 2.44. The summed E-state index contributed by atoms with van der Waals surface area (Å²) in [5.41, 5.74) is 0. The van der Waals surface area contributed by atoms with Crippen LogP contribution in [0.3, 0.4) is 0 Å². The lowest BCUT2D eigenvalue weighted by molar-refractivity contribution is -0.354. The third-order valence-corrected chi connectivity index (χ3v) is 7.25. The molecule has 1 aliphatic carbocycles. The summed E-state index contributed by atoms with van der Waals surface area (Å²) in [6.45, 7) is -1.38. The van der Waals surface area contributed by atoms with E-state index in [1.54, 1.807) is 6.08 Å². The van der Waals surface area contributed by atoms with Gasteiger partial charge in [0.15, 0.2) is 12.6 Å². The van der Waals surface area contributed by atoms with E-state index in [-0.39, 0.29) is 18.4 Å². The van der Waals surface area contributed by atoms with Crippen molar-refractivity contribution < 1.29 is 69.6 Å². The maximum atomic E-state index is 10.4. The lowest BCUT2D eigenvalue weighted by Gasteiger charge is -2.44. The molecule has 0 bridgehead atoms. The van der Waals surface area contributed by atoms with Gasteiger partial charge in [0.05, 0.1) is 25.6 Å². The molecular formula is C21H34O14. The molecule has 14 nitrogen and oxygen atoms in total. The zero-order valence-electron chi connectivity index (χ0n) is 18.7. The topological polar surface area (TPSA) is 228 Å². The summed E-state index contributed by atoms with van der Waals surface area (Å²) >= 11 is 0. The standard InChI is InChI=1S/C21H34O14/c22-4-7-3-9(24)8-1-2-31-19(12(7)8)35-21-18(30)16(28)14(26)11(34-21)6-32-20-17(29)15(27)13(25)10(5-23)33-20/h1-2,7-30H,3-6H2/t7?,8?,9?,10-,11-,12?,13-,14-,15+,16+,17-,18-,19?,20+,21+/m1/s1. The number of aliphatic hydroxyl groups excluding tert-OH is 9. The van der Waals surface area contributed by atoms with Gasteiger partial charge in [-0.1, -0.05) is 0 Å². The van der Waals surface area contributed by atoms with Crippen molar-refractivity contribution in [3.63, 3.8) is 0 Å². The van der Waals surface area contributed by atoms with Gasteiger partial charge in [0, 0.05) is 18.4 Å². The first-order chi connectivity index (χ1) is 16.7. The Morgan fingerprint density at radius 1 is 0.714 bits per heavy atom. The molecule has 202 valence electrons. The van der Waals surface area contributed by atoms with Crippen molar-refractivity contribution in [1.29, 1.82) is 0 Å². The largest absolute Gasteiger partial charge is 0.472 e. The third-order valence-electron chi connectivity index (χ3n) is 7.25. The summed E-state index contributed by atoms with van der Waals surface area (Å²) in [5.74, 6) is -1.15. The Kier molecular flexibility index (Phi) is 8.65. The highest BCUT2D eigenvalue weighted by molar-refractivity contribution is 5.05. The number of aliphatic hydroxyl groups is 9. The van der Waals surface area contributed by atoms with E-state index in [0.29, 0.717) is 6.42 Å². The number of fused-ring (bicyclic) bond motifs is 1. The number of hydrogen-bond donors (Lipinski definition) is 9. The van der Waals surface area contributed by atoms with Gasteiger partial charge in [-0.15, -0.1) is 0 Å². The second-order valence-electron chi connectivity index (χ2n) is 9.41. The third kappa shape index (κ3) is 5.22. The summed E-state index contributed by atoms with van der Waals surface area (Å²) in [6, 6.07) is 0. The smallest absolute Gasteiger partial charge is 0.205 e. The Balaban J connectivity index is 1.41. The minimum Gasteiger partial charge on any atom is -0.472 e. The average molecular weight is 510 g/mol. The van der Waals surface area contributed by atoms with Crippen LogP contribution in [0.15, 0.2) is 12.3 Å². The van der Waals surface area contributed by atoms with Gasteiger partial charge in [0.2, 0.25) is 6.29 Å². The van der Waals surface area contributed by atoms with Gasteiger partial charge < -0.3 is 69.6 Å². The van der Waals surface area contributed by atoms with Gasteiger partial charge in [0.1, 0.15) is 48.8 Å². The van der Waals surface area contributed by atoms with Crippen LogP contribution in [-0.4, -0.2) is 140 Å². The fourth-order valence-corrected chi connectivity index (χ4v) is 5.17. The van der Waals surface area contributed by atoms with Crippen LogP contribution in [0, 0.1) is 17.8 Å². The average Bonchev–Trinajstić information content (AvgIpc) is 3.19. The van der Waals surface area contributed by atoms with Crippen molar-refractivity contribution in [2.75, 3.05) is 19.8 Å². The van der Waals surface area contributed by atoms with Crippen molar-refractivity contribution in [3.05, 3.63) is 12.3 Å². The molecule has 4 rings (SSSR count). The van der Waals surface area contributed by atoms with Gasteiger partial charge in [-0.25, -0.2) is 0 Å². The molecule has 0 aromatic heterocycles. The Hall–Kier alpha value is -0.980. The molecule has 5 unspecified atom stereocenters. The van der Waals surface area contributed by atoms with Crippen LogP contribution in [0.1, 0.15) is 6.42 Å². The molecule has 3 heterocycles. The van der Waals surface area contributed by atoms with E-state index >= 15 is 0 Å². The highest BCUT2D eigenvalue weighted by Gasteiger charge is 2.52. The molecule has 14 heteroatoms. The summed E-state index contributed by atoms with van der Waals surface area (Å²) in [7, 11) is 0. The SMILES string of the molecule is OCC1CC(O)C2C=COC(O[C@@H]3O[C@H](CO[C@H]4O[C@H](CO)[C@@H](O)[C@H](O)[C@H]4O)[C@@H](O)[C@H](O)[C@H]3O)C12. The predicted octanol–water partition coefficient (Wildman–Crippen LogP) is -4.90. The van der Waals surface area contributed by atoms with Crippen LogP contribution >= 0.6 is 0 Å². The molecule has 0 amide bonds. The van der Waals surface area contributed by atoms with E-state index < -0.39 is 92.9 Å². The number of rotatable bonds is 7. The van der Waals surface area contributed by atoms with E-state index in [4.69, 9.17) is 23.7 Å². The van der Waals surface area contributed by atoms with Gasteiger partial charge in [-0.3, -0.25) is 0 Å². The minimum atomic E-state index is -1.71. The van der Waals surface area contributed by atoms with Crippen molar-refractivity contribution >= 4 is 0 Å². The summed E-state index contributed by atoms with van der Waals surface area (Å²) in [6.07, 6.45) is -13.9. The van der Waals surface area contributed by atoms with Crippen LogP contribution < -0.4 is 0 Å². The molecule has 0 aromatic rings. The maximum Gasteiger partial charge on any atom is 0.205 e. The first-order valence-electron chi connectivity index (χ1n) is 11.6. The summed E-state index contributed by atoms with van der Waals surface area (Å²) < 4.78 is 27.6. The quantitative estimate of drug-likeness (QED) is 0.156. The highest BCUT2D eigenvalue weighted by atomic mass is 16.8. The van der Waals surface area contributed by atoms with Crippen LogP contribution in [0.25, 0.3) is 0 Å². The molecule has 15 atom stereocenters. The number of hydrogen-bond acceptors (Lipinski definition) is 14. The Morgan fingerprint density at radius 2 is 1.34 bits per heavy atom. The van der Waals surface area contributed by atoms with Gasteiger partial charge in [-0.05, 0) is 18.4 Å². The maximum absolute atomic E-state index is 10.4. The van der Waals surface area contributed by atoms with Crippen molar-refractivity contribution in [1.82, 2.24) is 0 Å². The van der Waals surface area contributed by atoms with Gasteiger partial charge >= 0.3 is 0 Å². The monoisotopic (exact) mass is 510 g/mol. The van der Waals surface area contributed by atoms with Crippen LogP contribution in [-0.2, 0) is 23.7 Å². The number of ether oxygens (including phenoxy) is 5. The van der Waals surface area contributed by atoms with Crippen LogP contribution in [0.4, 0.5) is 0 Å². The van der Waals surface area contributed by atoms with E-state index in [1.807, 2.05) is 0 Å². The first-order valence-corrected chi connectivity index (χ1v) is 11.6. The predicted molar refractivity (Wildman–Crippen MR) is 110 cm³/mol. The Morgan fingerprint density at radius 3 is 2.00 bits per heavy atom. The fourth-order valence-electron chi connectivity index (χ4n) is 5.17. The Labute approximate surface area is 200 Å². The van der Waals surface area contributed by atoms with Crippen LogP contribution in [0.2, 0.25) is 0 Å². The molecule has 3 aliphatic heterocycles. The molecule has 4 aliphatic rings. The lowest BCUT2D eigenvalue weighted by atomic mass is 9.87. The molecule has 35 heavy (non-hydrogen) atoms. The van der Waals surface area contributed by atoms with Crippen molar-refractivity contribution in [2.45, 2.75) is 80.2 Å². The van der Waals surface area contributed by atoms with Crippen molar-refractivity contribution in [3.8, 4) is 0 Å². The molecule has 2 saturated heterocycles. The Bertz CT molecular complexity index is 722. The van der Waals surface area contributed by atoms with Gasteiger partial charge in [0.25, 0.3) is 0 Å². The summed E-state index contributed by atoms with van der Waals surface area (Å²) in [4.78, 5) is 0. The van der Waals surface area contributed by atoms with Gasteiger partial charge in [-0.2, -0.15) is 0 Å². The zero-order chi connectivity index (χ0) is 25.4. The molecule has 9 N–H and O–H groups in total. The van der Waals surface area contributed by atoms with Crippen LogP contribution in [0.5, 0.6) is 0 Å². The fraction of sp³-hybridized carbons (Fsp3) is 0.905. The molecule has 1 saturated carbocycles. The lowest BCUT2D eigenvalue weighted by Crippen LogP contribution is -2.62. The first kappa shape index (κ1) is 27.1. The van der Waals surface area contributed by atoms with E-state index in [1.165, 1.54) is 6.26 Å². The normalized spacial score (nSPS) is 52.2. The molecular weight excluding hydrogens is 476 g/mol. The minimum absolute atomic E-state index is 0.222. The summed E-state index contributed by atoms with van der Waals surface area (Å²) in [5, 5.41) is 90.3. The molecule has 0 aromatic carbocycles.